The normalized spacial score (nSPS) is 14.5. The van der Waals surface area contributed by atoms with Crippen LogP contribution in [0.15, 0.2) is 33.9 Å². The molecule has 0 saturated heterocycles. The number of benzene rings is 1. The van der Waals surface area contributed by atoms with Gasteiger partial charge in [0, 0.05) is 25.0 Å². The summed E-state index contributed by atoms with van der Waals surface area (Å²) in [6.45, 7) is 3.47. The van der Waals surface area contributed by atoms with Gasteiger partial charge >= 0.3 is 5.69 Å². The fraction of sp³-hybridized carbons (Fsp3) is 0.500. The van der Waals surface area contributed by atoms with E-state index in [-0.39, 0.29) is 54.7 Å². The molecule has 2 heterocycles. The zero-order valence-electron chi connectivity index (χ0n) is 18.3. The molecule has 0 atom stereocenters. The molecule has 1 aliphatic carbocycles. The van der Waals surface area contributed by atoms with Crippen molar-refractivity contribution in [3.8, 4) is 0 Å². The Labute approximate surface area is 184 Å². The van der Waals surface area contributed by atoms with Crippen molar-refractivity contribution in [3.05, 3.63) is 45.1 Å². The minimum absolute atomic E-state index is 0.0763. The molecule has 0 radical (unpaired) electrons. The van der Waals surface area contributed by atoms with E-state index in [9.17, 15) is 19.2 Å². The van der Waals surface area contributed by atoms with E-state index >= 15 is 0 Å². The molecule has 32 heavy (non-hydrogen) atoms. The molecule has 2 aromatic heterocycles. The van der Waals surface area contributed by atoms with Crippen LogP contribution in [0.5, 0.6) is 0 Å². The third-order valence-corrected chi connectivity index (χ3v) is 5.71. The van der Waals surface area contributed by atoms with E-state index in [1.165, 1.54) is 8.97 Å². The zero-order valence-corrected chi connectivity index (χ0v) is 18.3. The fourth-order valence-electron chi connectivity index (χ4n) is 4.26. The van der Waals surface area contributed by atoms with Crippen LogP contribution in [0.25, 0.3) is 16.7 Å². The number of carbonyl (C=O) groups excluding carboxylic acids is 2. The summed E-state index contributed by atoms with van der Waals surface area (Å²) < 4.78 is 3.72. The van der Waals surface area contributed by atoms with Crippen molar-refractivity contribution in [2.45, 2.75) is 71.1 Å². The highest BCUT2D eigenvalue weighted by Crippen LogP contribution is 2.17. The van der Waals surface area contributed by atoms with Crippen molar-refractivity contribution < 1.29 is 9.59 Å². The predicted molar refractivity (Wildman–Crippen MR) is 120 cm³/mol. The third kappa shape index (κ3) is 4.30. The van der Waals surface area contributed by atoms with Gasteiger partial charge in [-0.2, -0.15) is 0 Å². The molecule has 2 amide bonds. The van der Waals surface area contributed by atoms with E-state index in [0.29, 0.717) is 10.9 Å². The van der Waals surface area contributed by atoms with Crippen LogP contribution in [-0.4, -0.2) is 42.6 Å². The van der Waals surface area contributed by atoms with E-state index in [1.807, 2.05) is 13.8 Å². The Kier molecular flexibility index (Phi) is 6.11. The van der Waals surface area contributed by atoms with E-state index in [1.54, 1.807) is 24.3 Å². The second-order valence-corrected chi connectivity index (χ2v) is 8.57. The molecule has 1 aliphatic rings. The van der Waals surface area contributed by atoms with Crippen LogP contribution in [-0.2, 0) is 22.7 Å². The maximum atomic E-state index is 13.2. The first-order valence-corrected chi connectivity index (χ1v) is 11.0. The van der Waals surface area contributed by atoms with E-state index < -0.39 is 5.69 Å². The van der Waals surface area contributed by atoms with E-state index in [4.69, 9.17) is 0 Å². The van der Waals surface area contributed by atoms with Crippen LogP contribution >= 0.6 is 0 Å². The maximum absolute atomic E-state index is 13.2. The van der Waals surface area contributed by atoms with Gasteiger partial charge in [0.1, 0.15) is 6.54 Å². The maximum Gasteiger partial charge on any atom is 0.352 e. The second-order valence-electron chi connectivity index (χ2n) is 8.57. The molecular formula is C22H28N6O4. The van der Waals surface area contributed by atoms with Gasteiger partial charge in [-0.25, -0.2) is 13.9 Å². The van der Waals surface area contributed by atoms with Crippen molar-refractivity contribution >= 4 is 28.5 Å². The van der Waals surface area contributed by atoms with Gasteiger partial charge in [0.05, 0.1) is 10.9 Å². The summed E-state index contributed by atoms with van der Waals surface area (Å²) in [5.41, 5.74) is -0.426. The SMILES string of the molecule is CC(C)NC(=O)Cn1nc2n(CCC(=O)NC3CCCC3)c(=O)c3ccccc3n2c1=O. The lowest BCUT2D eigenvalue weighted by Crippen LogP contribution is -2.36. The molecule has 10 nitrogen and oxygen atoms in total. The molecule has 3 aromatic rings. The molecular weight excluding hydrogens is 412 g/mol. The number of carbonyl (C=O) groups is 2. The van der Waals surface area contributed by atoms with Crippen LogP contribution in [0.4, 0.5) is 0 Å². The molecule has 1 aromatic carbocycles. The highest BCUT2D eigenvalue weighted by Gasteiger charge is 2.21. The lowest BCUT2D eigenvalue weighted by Gasteiger charge is -2.13. The number of aryl methyl sites for hydroxylation is 1. The van der Waals surface area contributed by atoms with Crippen LogP contribution < -0.4 is 21.9 Å². The van der Waals surface area contributed by atoms with Crippen molar-refractivity contribution in [3.63, 3.8) is 0 Å². The number of nitrogens with zero attached hydrogens (tertiary/aromatic N) is 4. The van der Waals surface area contributed by atoms with Crippen molar-refractivity contribution in [2.24, 2.45) is 0 Å². The minimum Gasteiger partial charge on any atom is -0.353 e. The van der Waals surface area contributed by atoms with Crippen LogP contribution in [0.3, 0.4) is 0 Å². The number of fused-ring (bicyclic) bond motifs is 3. The summed E-state index contributed by atoms with van der Waals surface area (Å²) >= 11 is 0. The lowest BCUT2D eigenvalue weighted by molar-refractivity contribution is -0.123. The van der Waals surface area contributed by atoms with Crippen LogP contribution in [0.2, 0.25) is 0 Å². The van der Waals surface area contributed by atoms with Crippen molar-refractivity contribution in [1.82, 2.24) is 29.4 Å². The van der Waals surface area contributed by atoms with Gasteiger partial charge in [-0.15, -0.1) is 5.10 Å². The molecule has 10 heteroatoms. The summed E-state index contributed by atoms with van der Waals surface area (Å²) in [4.78, 5) is 50.9. The van der Waals surface area contributed by atoms with Gasteiger partial charge < -0.3 is 10.6 Å². The Balaban J connectivity index is 1.72. The Morgan fingerprint density at radius 2 is 1.84 bits per heavy atom. The Hall–Kier alpha value is -3.43. The molecule has 1 fully saturated rings. The first kappa shape index (κ1) is 21.8. The van der Waals surface area contributed by atoms with E-state index in [2.05, 4.69) is 15.7 Å². The average molecular weight is 441 g/mol. The molecule has 0 unspecified atom stereocenters. The largest absolute Gasteiger partial charge is 0.353 e. The van der Waals surface area contributed by atoms with Crippen LogP contribution in [0.1, 0.15) is 46.0 Å². The number of hydrogen-bond acceptors (Lipinski definition) is 5. The average Bonchev–Trinajstić information content (AvgIpc) is 3.35. The zero-order chi connectivity index (χ0) is 22.8. The highest BCUT2D eigenvalue weighted by atomic mass is 16.2. The van der Waals surface area contributed by atoms with Gasteiger partial charge in [0.25, 0.3) is 5.56 Å². The summed E-state index contributed by atoms with van der Waals surface area (Å²) in [5.74, 6) is -0.363. The Bertz CT molecular complexity index is 1280. The number of para-hydroxylation sites is 1. The smallest absolute Gasteiger partial charge is 0.352 e. The highest BCUT2D eigenvalue weighted by molar-refractivity contribution is 5.80. The van der Waals surface area contributed by atoms with Crippen molar-refractivity contribution in [1.29, 1.82) is 0 Å². The summed E-state index contributed by atoms with van der Waals surface area (Å²) in [5, 5.41) is 10.4. The monoisotopic (exact) mass is 440 g/mol. The number of rotatable bonds is 7. The summed E-state index contributed by atoms with van der Waals surface area (Å²) in [6.07, 6.45) is 4.27. The lowest BCUT2D eigenvalue weighted by atomic mass is 10.2. The van der Waals surface area contributed by atoms with Crippen molar-refractivity contribution in [2.75, 3.05) is 0 Å². The summed E-state index contributed by atoms with van der Waals surface area (Å²) in [7, 11) is 0. The quantitative estimate of drug-likeness (QED) is 0.563. The number of hydrogen-bond donors (Lipinski definition) is 2. The van der Waals surface area contributed by atoms with Gasteiger partial charge in [-0.05, 0) is 38.8 Å². The predicted octanol–water partition coefficient (Wildman–Crippen LogP) is 0.784. The number of nitrogens with one attached hydrogen (secondary N) is 2. The van der Waals surface area contributed by atoms with E-state index in [0.717, 1.165) is 30.4 Å². The second kappa shape index (κ2) is 8.97. The molecule has 170 valence electrons. The number of amides is 2. The molecule has 0 bridgehead atoms. The van der Waals surface area contributed by atoms with Gasteiger partial charge in [0.15, 0.2) is 0 Å². The molecule has 0 spiro atoms. The molecule has 0 aliphatic heterocycles. The third-order valence-electron chi connectivity index (χ3n) is 5.71. The number of aromatic nitrogens is 4. The molecule has 2 N–H and O–H groups in total. The minimum atomic E-state index is -0.515. The van der Waals surface area contributed by atoms with Crippen LogP contribution in [0, 0.1) is 0 Å². The van der Waals surface area contributed by atoms with Gasteiger partial charge in [-0.1, -0.05) is 25.0 Å². The summed E-state index contributed by atoms with van der Waals surface area (Å²) in [6, 6.07) is 6.88. The van der Waals surface area contributed by atoms with Gasteiger partial charge in [-0.3, -0.25) is 19.0 Å². The Morgan fingerprint density at radius 3 is 2.56 bits per heavy atom. The Morgan fingerprint density at radius 1 is 1.12 bits per heavy atom. The van der Waals surface area contributed by atoms with Gasteiger partial charge in [0.2, 0.25) is 17.6 Å². The molecule has 1 saturated carbocycles. The first-order chi connectivity index (χ1) is 15.3. The molecule has 4 rings (SSSR count). The fourth-order valence-corrected chi connectivity index (χ4v) is 4.26. The standard InChI is InChI=1S/C22H28N6O4/c1-14(2)23-19(30)13-27-22(32)28-17-10-6-5-9-16(17)20(31)26(21(28)25-27)12-11-18(29)24-15-7-3-4-8-15/h5-6,9-10,14-15H,3-4,7-8,11-13H2,1-2H3,(H,23,30)(H,24,29). The topological polar surface area (TPSA) is 120 Å². The first-order valence-electron chi connectivity index (χ1n) is 11.0.